The first kappa shape index (κ1) is 18.5. The van der Waals surface area contributed by atoms with Crippen LogP contribution in [0.5, 0.6) is 0 Å². The summed E-state index contributed by atoms with van der Waals surface area (Å²) in [7, 11) is 0. The van der Waals surface area contributed by atoms with E-state index in [0.717, 1.165) is 10.9 Å². The number of hydrogen-bond donors (Lipinski definition) is 1. The average molecular weight is 417 g/mol. The Hall–Kier alpha value is -3.48. The minimum atomic E-state index is -0.491. The fourth-order valence-electron chi connectivity index (χ4n) is 3.56. The van der Waals surface area contributed by atoms with E-state index in [-0.39, 0.29) is 6.04 Å². The van der Waals surface area contributed by atoms with Gasteiger partial charge in [0.05, 0.1) is 28.1 Å². The highest BCUT2D eigenvalue weighted by molar-refractivity contribution is 6.30. The van der Waals surface area contributed by atoms with Gasteiger partial charge in [-0.05, 0) is 42.0 Å². The van der Waals surface area contributed by atoms with Crippen LogP contribution in [0.2, 0.25) is 5.02 Å². The van der Waals surface area contributed by atoms with Crippen LogP contribution < -0.4 is 21.3 Å². The molecule has 6 nitrogen and oxygen atoms in total. The number of benzene rings is 3. The minimum Gasteiger partial charge on any atom is -0.345 e. The molecule has 7 heteroatoms. The second kappa shape index (κ2) is 7.74. The van der Waals surface area contributed by atoms with E-state index in [2.05, 4.69) is 5.59 Å². The SMILES string of the molecule is O=C1ONN(c2ccc(Cl)cc2)/C1=C1\CC(c2ccccc2)N=c2ccccc2=N1. The summed E-state index contributed by atoms with van der Waals surface area (Å²) in [4.78, 5) is 27.6. The van der Waals surface area contributed by atoms with E-state index in [0.29, 0.717) is 33.9 Å². The Morgan fingerprint density at radius 1 is 0.933 bits per heavy atom. The van der Waals surface area contributed by atoms with E-state index in [1.54, 1.807) is 17.1 Å². The fraction of sp³-hybridized carbons (Fsp3) is 0.0870. The maximum absolute atomic E-state index is 12.7. The third-order valence-corrected chi connectivity index (χ3v) is 5.26. The second-order valence-electron chi connectivity index (χ2n) is 6.95. The lowest BCUT2D eigenvalue weighted by Gasteiger charge is -2.18. The number of carbonyl (C=O) groups is 1. The van der Waals surface area contributed by atoms with Crippen molar-refractivity contribution in [1.29, 1.82) is 0 Å². The molecule has 1 unspecified atom stereocenters. The first-order valence-corrected chi connectivity index (χ1v) is 9.89. The zero-order chi connectivity index (χ0) is 20.5. The van der Waals surface area contributed by atoms with Crippen LogP contribution in [0.15, 0.2) is 100 Å². The number of anilines is 1. The number of halogens is 1. The molecule has 0 radical (unpaired) electrons. The standard InChI is InChI=1S/C23H17ClN4O2/c24-16-10-12-17(13-11-16)28-22(23(29)30-27-28)21-14-20(15-6-2-1-3-7-15)25-18-8-4-5-9-19(18)26-21/h1-13,20,27H,14H2/b22-21+. The molecule has 0 amide bonds. The molecule has 2 heterocycles. The number of nitrogens with zero attached hydrogens (tertiary/aromatic N) is 3. The van der Waals surface area contributed by atoms with Gasteiger partial charge in [0.2, 0.25) is 0 Å². The number of rotatable bonds is 2. The molecule has 0 aromatic heterocycles. The summed E-state index contributed by atoms with van der Waals surface area (Å²) in [5.41, 5.74) is 5.39. The summed E-state index contributed by atoms with van der Waals surface area (Å²) in [6, 6.07) is 24.6. The van der Waals surface area contributed by atoms with Crippen LogP contribution in [0, 0.1) is 0 Å². The number of fused-ring (bicyclic) bond motifs is 1. The lowest BCUT2D eigenvalue weighted by atomic mass is 10.0. The van der Waals surface area contributed by atoms with Crippen molar-refractivity contribution in [2.45, 2.75) is 12.5 Å². The minimum absolute atomic E-state index is 0.179. The lowest BCUT2D eigenvalue weighted by Crippen LogP contribution is -2.29. The van der Waals surface area contributed by atoms with E-state index in [9.17, 15) is 4.79 Å². The summed E-state index contributed by atoms with van der Waals surface area (Å²) in [6.07, 6.45) is 0.453. The Kier molecular flexibility index (Phi) is 4.78. The smallest absolute Gasteiger partial charge is 0.345 e. The lowest BCUT2D eigenvalue weighted by molar-refractivity contribution is -0.140. The van der Waals surface area contributed by atoms with Crippen molar-refractivity contribution in [1.82, 2.24) is 5.59 Å². The van der Waals surface area contributed by atoms with Crippen molar-refractivity contribution in [2.75, 3.05) is 5.01 Å². The summed E-state index contributed by atoms with van der Waals surface area (Å²) in [6.45, 7) is 0. The molecular formula is C23H17ClN4O2. The van der Waals surface area contributed by atoms with Gasteiger partial charge in [0.25, 0.3) is 0 Å². The number of hydrazine groups is 1. The van der Waals surface area contributed by atoms with Crippen molar-refractivity contribution in [3.8, 4) is 0 Å². The van der Waals surface area contributed by atoms with Crippen LogP contribution in [0.3, 0.4) is 0 Å². The van der Waals surface area contributed by atoms with E-state index in [1.807, 2.05) is 66.7 Å². The molecule has 1 atom stereocenters. The fourth-order valence-corrected chi connectivity index (χ4v) is 3.69. The topological polar surface area (TPSA) is 66.3 Å². The average Bonchev–Trinajstić information content (AvgIpc) is 3.05. The Morgan fingerprint density at radius 3 is 2.40 bits per heavy atom. The number of hydrogen-bond acceptors (Lipinski definition) is 6. The van der Waals surface area contributed by atoms with Crippen LogP contribution in [0.1, 0.15) is 18.0 Å². The molecule has 30 heavy (non-hydrogen) atoms. The summed E-state index contributed by atoms with van der Waals surface area (Å²) < 4.78 is 0. The Labute approximate surface area is 177 Å². The highest BCUT2D eigenvalue weighted by Crippen LogP contribution is 2.32. The Balaban J connectivity index is 1.70. The third-order valence-electron chi connectivity index (χ3n) is 5.01. The van der Waals surface area contributed by atoms with E-state index < -0.39 is 5.97 Å². The van der Waals surface area contributed by atoms with E-state index in [4.69, 9.17) is 26.4 Å². The van der Waals surface area contributed by atoms with Crippen molar-refractivity contribution < 1.29 is 9.63 Å². The molecule has 1 saturated heterocycles. The van der Waals surface area contributed by atoms with Crippen molar-refractivity contribution in [3.05, 3.63) is 112 Å². The summed E-state index contributed by atoms with van der Waals surface area (Å²) >= 11 is 6.02. The molecule has 5 rings (SSSR count). The van der Waals surface area contributed by atoms with Crippen LogP contribution in [-0.4, -0.2) is 5.97 Å². The first-order chi connectivity index (χ1) is 14.7. The number of carbonyl (C=O) groups excluding carboxylic acids is 1. The summed E-state index contributed by atoms with van der Waals surface area (Å²) in [5, 5.41) is 3.71. The van der Waals surface area contributed by atoms with Gasteiger partial charge in [-0.2, -0.15) is 0 Å². The largest absolute Gasteiger partial charge is 0.378 e. The third kappa shape index (κ3) is 3.47. The molecule has 148 valence electrons. The normalized spacial score (nSPS) is 20.6. The van der Waals surface area contributed by atoms with Gasteiger partial charge in [0.15, 0.2) is 5.70 Å². The van der Waals surface area contributed by atoms with Gasteiger partial charge in [-0.15, -0.1) is 0 Å². The number of nitrogens with one attached hydrogen (secondary N) is 1. The quantitative estimate of drug-likeness (QED) is 0.650. The molecule has 0 spiro atoms. The predicted molar refractivity (Wildman–Crippen MR) is 113 cm³/mol. The molecule has 2 aliphatic heterocycles. The second-order valence-corrected chi connectivity index (χ2v) is 7.38. The number of para-hydroxylation sites is 2. The zero-order valence-corrected chi connectivity index (χ0v) is 16.6. The van der Waals surface area contributed by atoms with E-state index in [1.165, 1.54) is 0 Å². The van der Waals surface area contributed by atoms with Crippen molar-refractivity contribution in [2.24, 2.45) is 9.98 Å². The maximum atomic E-state index is 12.7. The molecule has 3 aromatic carbocycles. The van der Waals surface area contributed by atoms with E-state index >= 15 is 0 Å². The van der Waals surface area contributed by atoms with Crippen LogP contribution >= 0.6 is 11.6 Å². The van der Waals surface area contributed by atoms with Crippen molar-refractivity contribution in [3.63, 3.8) is 0 Å². The van der Waals surface area contributed by atoms with Crippen LogP contribution in [0.25, 0.3) is 0 Å². The van der Waals surface area contributed by atoms with Crippen LogP contribution in [-0.2, 0) is 9.63 Å². The zero-order valence-electron chi connectivity index (χ0n) is 15.8. The van der Waals surface area contributed by atoms with Gasteiger partial charge in [-0.1, -0.05) is 59.7 Å². The first-order valence-electron chi connectivity index (χ1n) is 9.51. The highest BCUT2D eigenvalue weighted by Gasteiger charge is 2.34. The molecule has 0 saturated carbocycles. The van der Waals surface area contributed by atoms with Gasteiger partial charge in [0.1, 0.15) is 0 Å². The molecule has 0 aliphatic carbocycles. The highest BCUT2D eigenvalue weighted by atomic mass is 35.5. The Bertz CT molecular complexity index is 1260. The maximum Gasteiger partial charge on any atom is 0.378 e. The summed E-state index contributed by atoms with van der Waals surface area (Å²) in [5.74, 6) is -0.491. The van der Waals surface area contributed by atoms with Gasteiger partial charge in [0, 0.05) is 11.4 Å². The predicted octanol–water partition coefficient (Wildman–Crippen LogP) is 3.42. The Morgan fingerprint density at radius 2 is 1.63 bits per heavy atom. The van der Waals surface area contributed by atoms with Gasteiger partial charge in [-0.25, -0.2) is 14.8 Å². The molecule has 3 aromatic rings. The van der Waals surface area contributed by atoms with Crippen molar-refractivity contribution >= 4 is 23.3 Å². The molecule has 1 fully saturated rings. The van der Waals surface area contributed by atoms with Crippen LogP contribution in [0.4, 0.5) is 5.69 Å². The molecular weight excluding hydrogens is 400 g/mol. The van der Waals surface area contributed by atoms with Gasteiger partial charge < -0.3 is 4.84 Å². The van der Waals surface area contributed by atoms with Gasteiger partial charge in [-0.3, -0.25) is 4.99 Å². The van der Waals surface area contributed by atoms with Gasteiger partial charge >= 0.3 is 5.97 Å². The molecule has 2 aliphatic rings. The molecule has 0 bridgehead atoms. The monoisotopic (exact) mass is 416 g/mol. The molecule has 1 N–H and O–H groups in total.